The molecule has 2 fully saturated rings. The van der Waals surface area contributed by atoms with Crippen LogP contribution in [0.4, 0.5) is 0 Å². The fourth-order valence-electron chi connectivity index (χ4n) is 3.57. The number of amides is 2. The molecular formula is C20H26N2O4. The summed E-state index contributed by atoms with van der Waals surface area (Å²) in [5, 5.41) is 14.8. The molecule has 1 aromatic rings. The quantitative estimate of drug-likeness (QED) is 0.665. The Balaban J connectivity index is 1.50. The molecule has 1 aromatic carbocycles. The molecular weight excluding hydrogens is 332 g/mol. The fraction of sp³-hybridized carbons (Fsp3) is 0.550. The highest BCUT2D eigenvalue weighted by Crippen LogP contribution is 2.34. The van der Waals surface area contributed by atoms with Gasteiger partial charge in [0, 0.05) is 24.1 Å². The average molecular weight is 358 g/mol. The Morgan fingerprint density at radius 2 is 1.69 bits per heavy atom. The Bertz CT molecular complexity index is 661. The lowest BCUT2D eigenvalue weighted by atomic mass is 10.1. The van der Waals surface area contributed by atoms with Gasteiger partial charge in [-0.15, -0.1) is 0 Å². The minimum Gasteiger partial charge on any atom is -0.481 e. The number of carboxylic acids is 1. The van der Waals surface area contributed by atoms with Crippen molar-refractivity contribution in [2.75, 3.05) is 0 Å². The van der Waals surface area contributed by atoms with Crippen LogP contribution in [0, 0.1) is 11.8 Å². The minimum atomic E-state index is -0.893. The Kier molecular flexibility index (Phi) is 5.91. The van der Waals surface area contributed by atoms with Gasteiger partial charge in [0.25, 0.3) is 5.91 Å². The van der Waals surface area contributed by atoms with Gasteiger partial charge >= 0.3 is 5.97 Å². The summed E-state index contributed by atoms with van der Waals surface area (Å²) in [7, 11) is 0. The molecule has 0 heterocycles. The van der Waals surface area contributed by atoms with Gasteiger partial charge in [0.05, 0.1) is 6.42 Å². The highest BCUT2D eigenvalue weighted by Gasteiger charge is 2.33. The largest absolute Gasteiger partial charge is 0.481 e. The van der Waals surface area contributed by atoms with Crippen molar-refractivity contribution in [3.05, 3.63) is 35.4 Å². The molecule has 2 amide bonds. The second kappa shape index (κ2) is 8.34. The molecule has 0 radical (unpaired) electrons. The van der Waals surface area contributed by atoms with Gasteiger partial charge in [0.2, 0.25) is 5.91 Å². The van der Waals surface area contributed by atoms with E-state index in [0.717, 1.165) is 44.1 Å². The normalized spacial score (nSPS) is 18.3. The van der Waals surface area contributed by atoms with Crippen LogP contribution in [-0.4, -0.2) is 28.9 Å². The van der Waals surface area contributed by atoms with Crippen molar-refractivity contribution < 1.29 is 19.5 Å². The molecule has 2 aliphatic rings. The van der Waals surface area contributed by atoms with Crippen molar-refractivity contribution >= 4 is 17.8 Å². The lowest BCUT2D eigenvalue weighted by Crippen LogP contribution is -2.38. The Morgan fingerprint density at radius 1 is 1.04 bits per heavy atom. The van der Waals surface area contributed by atoms with E-state index >= 15 is 0 Å². The van der Waals surface area contributed by atoms with E-state index in [0.29, 0.717) is 12.1 Å². The fourth-order valence-corrected chi connectivity index (χ4v) is 3.57. The zero-order valence-corrected chi connectivity index (χ0v) is 14.9. The molecule has 26 heavy (non-hydrogen) atoms. The average Bonchev–Trinajstić information content (AvgIpc) is 3.33. The minimum absolute atomic E-state index is 0.0400. The standard InChI is InChI=1S/C20H26N2O4/c23-18(24)11-17(14-9-10-14)22-20(26)16-7-5-13(6-8-16)12-21-19(25)15-3-1-2-4-15/h5-8,14-15,17H,1-4,9-12H2,(H,21,25)(H,22,26)(H,23,24)/t17-/m0/s1. The number of nitrogens with one attached hydrogen (secondary N) is 2. The van der Waals surface area contributed by atoms with Crippen molar-refractivity contribution in [3.8, 4) is 0 Å². The van der Waals surface area contributed by atoms with E-state index in [9.17, 15) is 14.4 Å². The lowest BCUT2D eigenvalue weighted by molar-refractivity contribution is -0.137. The predicted molar refractivity (Wildman–Crippen MR) is 96.5 cm³/mol. The summed E-state index contributed by atoms with van der Waals surface area (Å²) in [6.07, 6.45) is 6.11. The van der Waals surface area contributed by atoms with E-state index in [1.165, 1.54) is 0 Å². The van der Waals surface area contributed by atoms with Crippen molar-refractivity contribution in [3.63, 3.8) is 0 Å². The third-order valence-electron chi connectivity index (χ3n) is 5.31. The van der Waals surface area contributed by atoms with Gasteiger partial charge in [0.1, 0.15) is 0 Å². The van der Waals surface area contributed by atoms with E-state index in [-0.39, 0.29) is 36.1 Å². The molecule has 0 aliphatic heterocycles. The summed E-state index contributed by atoms with van der Waals surface area (Å²) in [5.74, 6) is -0.598. The maximum absolute atomic E-state index is 12.3. The molecule has 0 unspecified atom stereocenters. The van der Waals surface area contributed by atoms with E-state index in [2.05, 4.69) is 10.6 Å². The molecule has 0 saturated heterocycles. The van der Waals surface area contributed by atoms with Crippen LogP contribution in [0.2, 0.25) is 0 Å². The number of hydrogen-bond acceptors (Lipinski definition) is 3. The molecule has 3 rings (SSSR count). The maximum Gasteiger partial charge on any atom is 0.305 e. The predicted octanol–water partition coefficient (Wildman–Crippen LogP) is 2.48. The first-order valence-corrected chi connectivity index (χ1v) is 9.42. The third kappa shape index (κ3) is 5.07. The van der Waals surface area contributed by atoms with Crippen LogP contribution in [0.15, 0.2) is 24.3 Å². The molecule has 3 N–H and O–H groups in total. The summed E-state index contributed by atoms with van der Waals surface area (Å²) < 4.78 is 0. The number of hydrogen-bond donors (Lipinski definition) is 3. The van der Waals surface area contributed by atoms with Crippen LogP contribution in [-0.2, 0) is 16.1 Å². The second-order valence-corrected chi connectivity index (χ2v) is 7.41. The number of carbonyl (C=O) groups excluding carboxylic acids is 2. The highest BCUT2D eigenvalue weighted by molar-refractivity contribution is 5.94. The van der Waals surface area contributed by atoms with Gasteiger partial charge in [-0.25, -0.2) is 0 Å². The van der Waals surface area contributed by atoms with Crippen LogP contribution in [0.25, 0.3) is 0 Å². The van der Waals surface area contributed by atoms with Crippen LogP contribution < -0.4 is 10.6 Å². The van der Waals surface area contributed by atoms with Gasteiger partial charge in [-0.2, -0.15) is 0 Å². The molecule has 1 atom stereocenters. The number of carboxylic acid groups (broad SMARTS) is 1. The van der Waals surface area contributed by atoms with Gasteiger partial charge in [-0.1, -0.05) is 25.0 Å². The summed E-state index contributed by atoms with van der Waals surface area (Å²) in [5.41, 5.74) is 1.45. The van der Waals surface area contributed by atoms with Gasteiger partial charge in [-0.05, 0) is 49.3 Å². The zero-order valence-electron chi connectivity index (χ0n) is 14.9. The smallest absolute Gasteiger partial charge is 0.305 e. The summed E-state index contributed by atoms with van der Waals surface area (Å²) in [4.78, 5) is 35.3. The van der Waals surface area contributed by atoms with E-state index in [4.69, 9.17) is 5.11 Å². The van der Waals surface area contributed by atoms with E-state index in [1.807, 2.05) is 12.1 Å². The second-order valence-electron chi connectivity index (χ2n) is 7.41. The van der Waals surface area contributed by atoms with Crippen LogP contribution in [0.1, 0.15) is 60.9 Å². The van der Waals surface area contributed by atoms with Crippen molar-refractivity contribution in [2.45, 2.75) is 57.5 Å². The first kappa shape index (κ1) is 18.4. The number of carbonyl (C=O) groups is 3. The van der Waals surface area contributed by atoms with Crippen molar-refractivity contribution in [2.24, 2.45) is 11.8 Å². The molecule has 2 saturated carbocycles. The number of benzene rings is 1. The highest BCUT2D eigenvalue weighted by atomic mass is 16.4. The topological polar surface area (TPSA) is 95.5 Å². The van der Waals surface area contributed by atoms with Crippen LogP contribution in [0.3, 0.4) is 0 Å². The van der Waals surface area contributed by atoms with Crippen molar-refractivity contribution in [1.29, 1.82) is 0 Å². The molecule has 0 spiro atoms. The SMILES string of the molecule is O=C(O)C[C@H](NC(=O)c1ccc(CNC(=O)C2CCCC2)cc1)C1CC1. The van der Waals surface area contributed by atoms with Gasteiger partial charge in [0.15, 0.2) is 0 Å². The first-order valence-electron chi connectivity index (χ1n) is 9.42. The van der Waals surface area contributed by atoms with E-state index in [1.54, 1.807) is 12.1 Å². The number of aliphatic carboxylic acids is 1. The van der Waals surface area contributed by atoms with Crippen LogP contribution >= 0.6 is 0 Å². The molecule has 140 valence electrons. The van der Waals surface area contributed by atoms with Gasteiger partial charge < -0.3 is 15.7 Å². The molecule has 0 aromatic heterocycles. The van der Waals surface area contributed by atoms with Gasteiger partial charge in [-0.3, -0.25) is 14.4 Å². The Labute approximate surface area is 153 Å². The monoisotopic (exact) mass is 358 g/mol. The summed E-state index contributed by atoms with van der Waals surface area (Å²) in [6.45, 7) is 0.459. The Hall–Kier alpha value is -2.37. The molecule has 0 bridgehead atoms. The Morgan fingerprint density at radius 3 is 2.27 bits per heavy atom. The van der Waals surface area contributed by atoms with Crippen molar-refractivity contribution in [1.82, 2.24) is 10.6 Å². The molecule has 2 aliphatic carbocycles. The lowest BCUT2D eigenvalue weighted by Gasteiger charge is -2.16. The first-order chi connectivity index (χ1) is 12.5. The third-order valence-corrected chi connectivity index (χ3v) is 5.31. The summed E-state index contributed by atoms with van der Waals surface area (Å²) in [6, 6.07) is 6.79. The number of rotatable bonds is 8. The summed E-state index contributed by atoms with van der Waals surface area (Å²) >= 11 is 0. The molecule has 6 heteroatoms. The zero-order chi connectivity index (χ0) is 18.5. The molecule has 6 nitrogen and oxygen atoms in total. The van der Waals surface area contributed by atoms with Crippen LogP contribution in [0.5, 0.6) is 0 Å². The maximum atomic E-state index is 12.3. The van der Waals surface area contributed by atoms with E-state index < -0.39 is 5.97 Å².